The molecule has 0 aliphatic carbocycles. The lowest BCUT2D eigenvalue weighted by atomic mass is 10.1. The highest BCUT2D eigenvalue weighted by Gasteiger charge is 2.19. The molecule has 2 rings (SSSR count). The van der Waals surface area contributed by atoms with Gasteiger partial charge >= 0.3 is 5.97 Å². The molecule has 0 radical (unpaired) electrons. The molecule has 7 nitrogen and oxygen atoms in total. The van der Waals surface area contributed by atoms with Gasteiger partial charge in [-0.2, -0.15) is 0 Å². The summed E-state index contributed by atoms with van der Waals surface area (Å²) in [7, 11) is 0. The molecule has 0 unspecified atom stereocenters. The quantitative estimate of drug-likeness (QED) is 0.370. The Morgan fingerprint density at radius 3 is 2.10 bits per heavy atom. The summed E-state index contributed by atoms with van der Waals surface area (Å²) in [4.78, 5) is 48.3. The summed E-state index contributed by atoms with van der Waals surface area (Å²) in [6.45, 7) is 1.44. The van der Waals surface area contributed by atoms with Gasteiger partial charge in [0.1, 0.15) is 0 Å². The van der Waals surface area contributed by atoms with Crippen molar-refractivity contribution in [2.75, 3.05) is 11.6 Å². The molecule has 1 atom stereocenters. The van der Waals surface area contributed by atoms with E-state index in [-0.39, 0.29) is 18.6 Å². The first-order valence-corrected chi connectivity index (χ1v) is 10.1. The van der Waals surface area contributed by atoms with Gasteiger partial charge in [0.25, 0.3) is 5.91 Å². The first-order valence-electron chi connectivity index (χ1n) is 8.87. The number of carbonyl (C=O) groups excluding carboxylic acids is 4. The number of Topliss-reactive ketones (excluding diaryl/α,β-unsaturated/α-hetero) is 1. The fourth-order valence-electron chi connectivity index (χ4n) is 2.41. The molecule has 2 aromatic carbocycles. The van der Waals surface area contributed by atoms with E-state index in [1.807, 2.05) is 18.4 Å². The largest absolute Gasteiger partial charge is 0.453 e. The number of primary amides is 1. The number of ketones is 1. The molecule has 0 fully saturated rings. The van der Waals surface area contributed by atoms with Crippen LogP contribution in [0.15, 0.2) is 53.4 Å². The maximum atomic E-state index is 12.2. The number of benzene rings is 2. The molecule has 152 valence electrons. The zero-order valence-electron chi connectivity index (χ0n) is 16.1. The van der Waals surface area contributed by atoms with Gasteiger partial charge in [0.05, 0.1) is 6.42 Å². The Labute approximate surface area is 173 Å². The average Bonchev–Trinajstić information content (AvgIpc) is 2.72. The molecule has 2 amide bonds. The van der Waals surface area contributed by atoms with Crippen LogP contribution in [0.1, 0.15) is 40.5 Å². The third-order valence-corrected chi connectivity index (χ3v) is 4.83. The van der Waals surface area contributed by atoms with Crippen LogP contribution in [0, 0.1) is 0 Å². The summed E-state index contributed by atoms with van der Waals surface area (Å²) in [5.41, 5.74) is 6.44. The molecule has 0 saturated carbocycles. The van der Waals surface area contributed by atoms with E-state index in [2.05, 4.69) is 5.32 Å². The van der Waals surface area contributed by atoms with E-state index in [1.54, 1.807) is 23.9 Å². The number of rotatable bonds is 9. The van der Waals surface area contributed by atoms with Crippen molar-refractivity contribution in [3.8, 4) is 0 Å². The summed E-state index contributed by atoms with van der Waals surface area (Å²) in [5, 5.41) is 2.58. The van der Waals surface area contributed by atoms with Gasteiger partial charge in [-0.1, -0.05) is 12.1 Å². The van der Waals surface area contributed by atoms with Crippen molar-refractivity contribution in [3.05, 3.63) is 59.7 Å². The second kappa shape index (κ2) is 10.4. The molecule has 0 aliphatic rings. The normalized spacial score (nSPS) is 11.4. The molecular weight excluding hydrogens is 392 g/mol. The average molecular weight is 414 g/mol. The summed E-state index contributed by atoms with van der Waals surface area (Å²) in [5.74, 6) is -1.89. The maximum Gasteiger partial charge on any atom is 0.307 e. The van der Waals surface area contributed by atoms with Crippen LogP contribution < -0.4 is 11.1 Å². The molecule has 0 saturated heterocycles. The lowest BCUT2D eigenvalue weighted by molar-refractivity contribution is -0.153. The van der Waals surface area contributed by atoms with E-state index in [1.165, 1.54) is 31.2 Å². The van der Waals surface area contributed by atoms with Crippen LogP contribution in [0.2, 0.25) is 0 Å². The third kappa shape index (κ3) is 6.76. The molecule has 8 heteroatoms. The topological polar surface area (TPSA) is 116 Å². The van der Waals surface area contributed by atoms with Gasteiger partial charge in [0.2, 0.25) is 5.91 Å². The smallest absolute Gasteiger partial charge is 0.307 e. The standard InChI is InChI=1S/C21H22N2O5S/c1-13(21(27)23-16-7-3-15(4-8-16)20(22)26)28-19(25)12-11-18(24)14-5-9-17(29-2)10-6-14/h3-10,13H,11-12H2,1-2H3,(H2,22,26)(H,23,27)/t13-/m0/s1. The van der Waals surface area contributed by atoms with Crippen molar-refractivity contribution in [3.63, 3.8) is 0 Å². The van der Waals surface area contributed by atoms with Crippen LogP contribution in [-0.4, -0.2) is 35.9 Å². The second-order valence-corrected chi connectivity index (χ2v) is 7.09. The van der Waals surface area contributed by atoms with E-state index in [0.29, 0.717) is 16.8 Å². The van der Waals surface area contributed by atoms with Crippen molar-refractivity contribution in [2.24, 2.45) is 5.73 Å². The van der Waals surface area contributed by atoms with Crippen molar-refractivity contribution in [1.82, 2.24) is 0 Å². The molecule has 29 heavy (non-hydrogen) atoms. The minimum absolute atomic E-state index is 0.000363. The Kier molecular flexibility index (Phi) is 7.97. The number of thioether (sulfide) groups is 1. The van der Waals surface area contributed by atoms with Gasteiger partial charge in [-0.05, 0) is 49.6 Å². The molecule has 2 aromatic rings. The van der Waals surface area contributed by atoms with E-state index in [9.17, 15) is 19.2 Å². The van der Waals surface area contributed by atoms with Gasteiger partial charge in [-0.25, -0.2) is 0 Å². The van der Waals surface area contributed by atoms with E-state index >= 15 is 0 Å². The number of carbonyl (C=O) groups is 4. The van der Waals surface area contributed by atoms with Crippen molar-refractivity contribution in [2.45, 2.75) is 30.8 Å². The van der Waals surface area contributed by atoms with Crippen LogP contribution in [0.5, 0.6) is 0 Å². The van der Waals surface area contributed by atoms with Crippen molar-refractivity contribution < 1.29 is 23.9 Å². The number of hydrogen-bond donors (Lipinski definition) is 2. The maximum absolute atomic E-state index is 12.2. The monoisotopic (exact) mass is 414 g/mol. The molecule has 0 bridgehead atoms. The summed E-state index contributed by atoms with van der Waals surface area (Å²) >= 11 is 1.58. The van der Waals surface area contributed by atoms with E-state index < -0.39 is 23.9 Å². The Balaban J connectivity index is 1.80. The Morgan fingerprint density at radius 2 is 1.55 bits per heavy atom. The fraction of sp³-hybridized carbons (Fsp3) is 0.238. The molecule has 0 aliphatic heterocycles. The molecule has 0 heterocycles. The summed E-state index contributed by atoms with van der Waals surface area (Å²) in [6.07, 6.45) is 0.795. The second-order valence-electron chi connectivity index (χ2n) is 6.21. The number of ether oxygens (including phenoxy) is 1. The molecule has 3 N–H and O–H groups in total. The summed E-state index contributed by atoms with van der Waals surface area (Å²) in [6, 6.07) is 13.1. The van der Waals surface area contributed by atoms with Gasteiger partial charge in [-0.3, -0.25) is 19.2 Å². The molecule has 0 spiro atoms. The van der Waals surface area contributed by atoms with E-state index in [0.717, 1.165) is 4.90 Å². The lowest BCUT2D eigenvalue weighted by Crippen LogP contribution is -2.30. The predicted molar refractivity (Wildman–Crippen MR) is 111 cm³/mol. The van der Waals surface area contributed by atoms with Gasteiger partial charge in [0.15, 0.2) is 11.9 Å². The number of amides is 2. The third-order valence-electron chi connectivity index (χ3n) is 4.08. The van der Waals surface area contributed by atoms with Crippen molar-refractivity contribution >= 4 is 41.0 Å². The lowest BCUT2D eigenvalue weighted by Gasteiger charge is -2.13. The number of anilines is 1. The Morgan fingerprint density at radius 1 is 0.966 bits per heavy atom. The minimum atomic E-state index is -1.03. The van der Waals surface area contributed by atoms with Gasteiger partial charge < -0.3 is 15.8 Å². The number of hydrogen-bond acceptors (Lipinski definition) is 6. The first-order chi connectivity index (χ1) is 13.8. The van der Waals surface area contributed by atoms with Crippen LogP contribution >= 0.6 is 11.8 Å². The molecule has 0 aromatic heterocycles. The van der Waals surface area contributed by atoms with Gasteiger partial charge in [-0.15, -0.1) is 11.8 Å². The predicted octanol–water partition coefficient (Wildman–Crippen LogP) is 3.04. The van der Waals surface area contributed by atoms with Crippen LogP contribution in [-0.2, 0) is 14.3 Å². The minimum Gasteiger partial charge on any atom is -0.453 e. The number of nitrogens with two attached hydrogens (primary N) is 1. The highest BCUT2D eigenvalue weighted by atomic mass is 32.2. The van der Waals surface area contributed by atoms with Crippen molar-refractivity contribution in [1.29, 1.82) is 0 Å². The zero-order valence-corrected chi connectivity index (χ0v) is 17.0. The Bertz CT molecular complexity index is 894. The van der Waals surface area contributed by atoms with Gasteiger partial charge in [0, 0.05) is 28.1 Å². The highest BCUT2D eigenvalue weighted by Crippen LogP contribution is 2.16. The number of esters is 1. The summed E-state index contributed by atoms with van der Waals surface area (Å²) < 4.78 is 5.09. The fourth-order valence-corrected chi connectivity index (χ4v) is 2.82. The van der Waals surface area contributed by atoms with Crippen LogP contribution in [0.3, 0.4) is 0 Å². The Hall–Kier alpha value is -3.13. The SMILES string of the molecule is CSc1ccc(C(=O)CCC(=O)O[C@@H](C)C(=O)Nc2ccc(C(N)=O)cc2)cc1. The first kappa shape index (κ1) is 22.2. The highest BCUT2D eigenvalue weighted by molar-refractivity contribution is 7.98. The van der Waals surface area contributed by atoms with E-state index in [4.69, 9.17) is 10.5 Å². The number of nitrogens with one attached hydrogen (secondary N) is 1. The zero-order chi connectivity index (χ0) is 21.4. The molecular formula is C21H22N2O5S. The van der Waals surface area contributed by atoms with Crippen LogP contribution in [0.25, 0.3) is 0 Å². The van der Waals surface area contributed by atoms with Crippen LogP contribution in [0.4, 0.5) is 5.69 Å².